The lowest BCUT2D eigenvalue weighted by Gasteiger charge is -2.12. The van der Waals surface area contributed by atoms with Gasteiger partial charge in [-0.2, -0.15) is 5.10 Å². The summed E-state index contributed by atoms with van der Waals surface area (Å²) in [6.07, 6.45) is 0. The van der Waals surface area contributed by atoms with Crippen LogP contribution in [0.15, 0.2) is 72.8 Å². The van der Waals surface area contributed by atoms with Gasteiger partial charge in [-0.15, -0.1) is 0 Å². The molecule has 0 radical (unpaired) electrons. The second-order valence-electron chi connectivity index (χ2n) is 7.74. The maximum absolute atomic E-state index is 13.3. The van der Waals surface area contributed by atoms with Crippen molar-refractivity contribution in [2.45, 2.75) is 27.7 Å². The molecule has 0 atom stereocenters. The van der Waals surface area contributed by atoms with Gasteiger partial charge in [-0.25, -0.2) is 4.68 Å². The van der Waals surface area contributed by atoms with Gasteiger partial charge in [0.1, 0.15) is 5.69 Å². The summed E-state index contributed by atoms with van der Waals surface area (Å²) in [5.74, 6) is -0.187. The molecule has 150 valence electrons. The van der Waals surface area contributed by atoms with E-state index in [0.717, 1.165) is 33.8 Å². The highest BCUT2D eigenvalue weighted by atomic mass is 16.2. The third kappa shape index (κ3) is 3.90. The number of rotatable bonds is 4. The molecule has 4 rings (SSSR count). The Morgan fingerprint density at radius 1 is 0.800 bits per heavy atom. The van der Waals surface area contributed by atoms with Crippen LogP contribution in [0.25, 0.3) is 16.9 Å². The smallest absolute Gasteiger partial charge is 0.274 e. The van der Waals surface area contributed by atoms with Gasteiger partial charge in [0.2, 0.25) is 0 Å². The molecule has 0 aliphatic carbocycles. The van der Waals surface area contributed by atoms with Gasteiger partial charge in [-0.05, 0) is 68.7 Å². The quantitative estimate of drug-likeness (QED) is 0.459. The van der Waals surface area contributed by atoms with E-state index in [2.05, 4.69) is 25.2 Å². The fourth-order valence-corrected chi connectivity index (χ4v) is 3.53. The van der Waals surface area contributed by atoms with Crippen molar-refractivity contribution in [3.05, 3.63) is 101 Å². The van der Waals surface area contributed by atoms with E-state index < -0.39 is 0 Å². The van der Waals surface area contributed by atoms with Crippen molar-refractivity contribution in [1.82, 2.24) is 9.78 Å². The summed E-state index contributed by atoms with van der Waals surface area (Å²) in [6.45, 7) is 8.19. The van der Waals surface area contributed by atoms with Crippen LogP contribution in [0.2, 0.25) is 0 Å². The predicted octanol–water partition coefficient (Wildman–Crippen LogP) is 6.03. The van der Waals surface area contributed by atoms with Crippen molar-refractivity contribution in [3.63, 3.8) is 0 Å². The Kier molecular flexibility index (Phi) is 5.23. The van der Waals surface area contributed by atoms with Crippen molar-refractivity contribution >= 4 is 11.6 Å². The van der Waals surface area contributed by atoms with Crippen LogP contribution in [0.5, 0.6) is 0 Å². The maximum Gasteiger partial charge on any atom is 0.274 e. The zero-order chi connectivity index (χ0) is 21.3. The molecule has 0 fully saturated rings. The largest absolute Gasteiger partial charge is 0.321 e. The van der Waals surface area contributed by atoms with Crippen LogP contribution < -0.4 is 5.32 Å². The van der Waals surface area contributed by atoms with Crippen molar-refractivity contribution in [2.75, 3.05) is 5.32 Å². The van der Waals surface area contributed by atoms with E-state index in [1.165, 1.54) is 11.1 Å². The molecule has 4 aromatic rings. The first-order valence-electron chi connectivity index (χ1n) is 10.0. The fourth-order valence-electron chi connectivity index (χ4n) is 3.53. The molecule has 1 heterocycles. The van der Waals surface area contributed by atoms with Crippen LogP contribution in [0.3, 0.4) is 0 Å². The normalized spacial score (nSPS) is 10.8. The van der Waals surface area contributed by atoms with Crippen LogP contribution in [-0.2, 0) is 0 Å². The Morgan fingerprint density at radius 3 is 2.27 bits per heavy atom. The first-order chi connectivity index (χ1) is 14.4. The first kappa shape index (κ1) is 19.6. The fraction of sp³-hybridized carbons (Fsp3) is 0.154. The third-order valence-corrected chi connectivity index (χ3v) is 5.36. The molecule has 4 nitrogen and oxygen atoms in total. The summed E-state index contributed by atoms with van der Waals surface area (Å²) >= 11 is 0. The molecule has 0 aliphatic heterocycles. The molecule has 0 unspecified atom stereocenters. The van der Waals surface area contributed by atoms with Gasteiger partial charge in [0, 0.05) is 11.3 Å². The second kappa shape index (κ2) is 7.99. The lowest BCUT2D eigenvalue weighted by molar-refractivity contribution is 0.101. The Labute approximate surface area is 177 Å². The number of nitrogens with zero attached hydrogens (tertiary/aromatic N) is 2. The van der Waals surface area contributed by atoms with Gasteiger partial charge in [-0.1, -0.05) is 54.1 Å². The van der Waals surface area contributed by atoms with E-state index in [4.69, 9.17) is 5.10 Å². The van der Waals surface area contributed by atoms with Crippen LogP contribution in [0.1, 0.15) is 32.7 Å². The highest BCUT2D eigenvalue weighted by molar-refractivity contribution is 6.04. The number of carbonyl (C=O) groups is 1. The van der Waals surface area contributed by atoms with Crippen LogP contribution in [0, 0.1) is 27.7 Å². The highest BCUT2D eigenvalue weighted by Crippen LogP contribution is 2.25. The predicted molar refractivity (Wildman–Crippen MR) is 122 cm³/mol. The zero-order valence-corrected chi connectivity index (χ0v) is 17.7. The molecule has 3 aromatic carbocycles. The molecule has 4 heteroatoms. The lowest BCUT2D eigenvalue weighted by Crippen LogP contribution is -2.17. The molecule has 0 aliphatic rings. The molecule has 0 spiro atoms. The molecule has 1 aromatic heterocycles. The summed E-state index contributed by atoms with van der Waals surface area (Å²) in [6, 6.07) is 23.9. The Morgan fingerprint density at radius 2 is 1.57 bits per heavy atom. The molecule has 0 saturated heterocycles. The Hall–Kier alpha value is -3.66. The van der Waals surface area contributed by atoms with Crippen molar-refractivity contribution < 1.29 is 4.79 Å². The van der Waals surface area contributed by atoms with Crippen molar-refractivity contribution in [1.29, 1.82) is 0 Å². The van der Waals surface area contributed by atoms with Crippen LogP contribution in [0.4, 0.5) is 5.69 Å². The van der Waals surface area contributed by atoms with Crippen molar-refractivity contribution in [3.8, 4) is 16.9 Å². The van der Waals surface area contributed by atoms with Gasteiger partial charge in [0.05, 0.1) is 11.4 Å². The summed E-state index contributed by atoms with van der Waals surface area (Å²) in [5.41, 5.74) is 8.48. The summed E-state index contributed by atoms with van der Waals surface area (Å²) in [5, 5.41) is 7.82. The van der Waals surface area contributed by atoms with E-state index in [9.17, 15) is 4.79 Å². The van der Waals surface area contributed by atoms with E-state index >= 15 is 0 Å². The number of hydrogen-bond acceptors (Lipinski definition) is 2. The number of aromatic nitrogens is 2. The average molecular weight is 396 g/mol. The average Bonchev–Trinajstić information content (AvgIpc) is 3.17. The first-order valence-corrected chi connectivity index (χ1v) is 10.0. The van der Waals surface area contributed by atoms with Gasteiger partial charge < -0.3 is 5.32 Å². The van der Waals surface area contributed by atoms with Crippen molar-refractivity contribution in [2.24, 2.45) is 0 Å². The third-order valence-electron chi connectivity index (χ3n) is 5.36. The Balaban J connectivity index is 1.79. The zero-order valence-electron chi connectivity index (χ0n) is 17.7. The SMILES string of the molecule is Cc1ccc(-n2nc(-c3ccccc3)cc2C(=O)Nc2ccc(C)c(C)c2)c(C)c1. The number of hydrogen-bond donors (Lipinski definition) is 1. The number of aryl methyl sites for hydroxylation is 4. The molecule has 1 N–H and O–H groups in total. The molecular formula is C26H25N3O. The number of nitrogens with one attached hydrogen (secondary N) is 1. The van der Waals surface area contributed by atoms with E-state index in [1.807, 2.05) is 80.6 Å². The van der Waals surface area contributed by atoms with Crippen LogP contribution >= 0.6 is 0 Å². The molecular weight excluding hydrogens is 370 g/mol. The summed E-state index contributed by atoms with van der Waals surface area (Å²) < 4.78 is 1.74. The van der Waals surface area contributed by atoms with Gasteiger partial charge in [0.15, 0.2) is 0 Å². The monoisotopic (exact) mass is 395 g/mol. The number of anilines is 1. The van der Waals surface area contributed by atoms with E-state index in [0.29, 0.717) is 5.69 Å². The van der Waals surface area contributed by atoms with Gasteiger partial charge in [-0.3, -0.25) is 4.79 Å². The Bertz CT molecular complexity index is 1220. The summed E-state index contributed by atoms with van der Waals surface area (Å²) in [4.78, 5) is 13.3. The molecule has 1 amide bonds. The lowest BCUT2D eigenvalue weighted by atomic mass is 10.1. The van der Waals surface area contributed by atoms with Crippen LogP contribution in [-0.4, -0.2) is 15.7 Å². The minimum Gasteiger partial charge on any atom is -0.321 e. The van der Waals surface area contributed by atoms with Gasteiger partial charge >= 0.3 is 0 Å². The molecule has 0 saturated carbocycles. The molecule has 30 heavy (non-hydrogen) atoms. The number of amides is 1. The minimum absolute atomic E-state index is 0.187. The molecule has 0 bridgehead atoms. The standard InChI is InChI=1S/C26H25N3O/c1-17-10-13-24(20(4)14-17)29-25(16-23(28-29)21-8-6-5-7-9-21)26(30)27-22-12-11-18(2)19(3)15-22/h5-16H,1-4H3,(H,27,30). The highest BCUT2D eigenvalue weighted by Gasteiger charge is 2.19. The number of benzene rings is 3. The van der Waals surface area contributed by atoms with Gasteiger partial charge in [0.25, 0.3) is 5.91 Å². The van der Waals surface area contributed by atoms with E-state index in [-0.39, 0.29) is 5.91 Å². The number of carbonyl (C=O) groups excluding carboxylic acids is 1. The topological polar surface area (TPSA) is 46.9 Å². The summed E-state index contributed by atoms with van der Waals surface area (Å²) in [7, 11) is 0. The maximum atomic E-state index is 13.3. The van der Waals surface area contributed by atoms with E-state index in [1.54, 1.807) is 4.68 Å². The minimum atomic E-state index is -0.187. The second-order valence-corrected chi connectivity index (χ2v) is 7.74.